The van der Waals surface area contributed by atoms with E-state index in [0.29, 0.717) is 28.6 Å². The van der Waals surface area contributed by atoms with Gasteiger partial charge in [-0.15, -0.1) is 0 Å². The lowest BCUT2D eigenvalue weighted by atomic mass is 9.81. The van der Waals surface area contributed by atoms with Crippen LogP contribution in [0.5, 0.6) is 5.75 Å². The van der Waals surface area contributed by atoms with E-state index in [-0.39, 0.29) is 17.9 Å². The fourth-order valence-corrected chi connectivity index (χ4v) is 3.32. The molecule has 24 heavy (non-hydrogen) atoms. The normalized spacial score (nSPS) is 19.5. The van der Waals surface area contributed by atoms with E-state index >= 15 is 0 Å². The van der Waals surface area contributed by atoms with E-state index in [1.807, 2.05) is 30.3 Å². The summed E-state index contributed by atoms with van der Waals surface area (Å²) in [6.07, 6.45) is 4.40. The zero-order chi connectivity index (χ0) is 16.5. The van der Waals surface area contributed by atoms with Crippen LogP contribution >= 0.6 is 11.3 Å². The summed E-state index contributed by atoms with van der Waals surface area (Å²) in [5, 5.41) is 13.0. The van der Waals surface area contributed by atoms with E-state index in [0.717, 1.165) is 11.0 Å². The third-order valence-electron chi connectivity index (χ3n) is 4.05. The maximum absolute atomic E-state index is 12.2. The van der Waals surface area contributed by atoms with Gasteiger partial charge in [0.2, 0.25) is 5.91 Å². The van der Waals surface area contributed by atoms with Gasteiger partial charge in [0, 0.05) is 11.3 Å². The molecule has 6 nitrogen and oxygen atoms in total. The van der Waals surface area contributed by atoms with E-state index in [1.54, 1.807) is 6.26 Å². The molecule has 1 amide bonds. The Morgan fingerprint density at radius 2 is 2.29 bits per heavy atom. The molecule has 1 N–H and O–H groups in total. The van der Waals surface area contributed by atoms with E-state index in [2.05, 4.69) is 10.3 Å². The van der Waals surface area contributed by atoms with Crippen molar-refractivity contribution in [3.8, 4) is 11.8 Å². The van der Waals surface area contributed by atoms with Gasteiger partial charge in [0.05, 0.1) is 12.5 Å². The average molecular weight is 339 g/mol. The minimum Gasteiger partial charge on any atom is -0.486 e. The fraction of sp³-hybridized carbons (Fsp3) is 0.235. The molecule has 0 radical (unpaired) electrons. The second-order valence-electron chi connectivity index (χ2n) is 5.63. The van der Waals surface area contributed by atoms with Gasteiger partial charge in [0.25, 0.3) is 0 Å². The molecule has 2 heterocycles. The highest BCUT2D eigenvalue weighted by atomic mass is 32.1. The summed E-state index contributed by atoms with van der Waals surface area (Å²) in [4.78, 5) is 16.6. The highest BCUT2D eigenvalue weighted by Crippen LogP contribution is 2.35. The monoisotopic (exact) mass is 339 g/mol. The number of nitrogens with one attached hydrogen (secondary N) is 1. The predicted octanol–water partition coefficient (Wildman–Crippen LogP) is 3.56. The number of fused-ring (bicyclic) bond motifs is 1. The van der Waals surface area contributed by atoms with Crippen molar-refractivity contribution in [2.45, 2.75) is 18.9 Å². The first-order valence-corrected chi connectivity index (χ1v) is 8.34. The lowest BCUT2D eigenvalue weighted by molar-refractivity contribution is -0.125. The molecule has 0 saturated heterocycles. The van der Waals surface area contributed by atoms with E-state index < -0.39 is 0 Å². The highest BCUT2D eigenvalue weighted by molar-refractivity contribution is 7.16. The highest BCUT2D eigenvalue weighted by Gasteiger charge is 2.36. The van der Waals surface area contributed by atoms with Crippen LogP contribution in [0.1, 0.15) is 17.7 Å². The summed E-state index contributed by atoms with van der Waals surface area (Å²) in [7, 11) is 0. The maximum Gasteiger partial charge on any atom is 0.229 e. The Morgan fingerprint density at radius 1 is 1.42 bits per heavy atom. The summed E-state index contributed by atoms with van der Waals surface area (Å²) in [5.41, 5.74) is 0.734. The Morgan fingerprint density at radius 3 is 3.08 bits per heavy atom. The van der Waals surface area contributed by atoms with Gasteiger partial charge in [-0.05, 0) is 25.0 Å². The molecule has 2 aromatic heterocycles. The molecule has 0 unspecified atom stereocenters. The van der Waals surface area contributed by atoms with Crippen LogP contribution in [0.4, 0.5) is 5.13 Å². The van der Waals surface area contributed by atoms with Crippen LogP contribution in [0.2, 0.25) is 0 Å². The molecule has 1 saturated carbocycles. The van der Waals surface area contributed by atoms with Crippen molar-refractivity contribution in [1.82, 2.24) is 4.98 Å². The van der Waals surface area contributed by atoms with Crippen molar-refractivity contribution < 1.29 is 13.9 Å². The van der Waals surface area contributed by atoms with Crippen molar-refractivity contribution in [1.29, 1.82) is 5.26 Å². The molecule has 0 bridgehead atoms. The van der Waals surface area contributed by atoms with Gasteiger partial charge in [-0.2, -0.15) is 5.26 Å². The van der Waals surface area contributed by atoms with Crippen LogP contribution in [0.25, 0.3) is 11.0 Å². The third-order valence-corrected chi connectivity index (χ3v) is 4.87. The molecule has 0 atom stereocenters. The number of carbonyl (C=O) groups is 1. The number of aromatic nitrogens is 1. The van der Waals surface area contributed by atoms with Gasteiger partial charge < -0.3 is 14.5 Å². The van der Waals surface area contributed by atoms with Gasteiger partial charge in [0.1, 0.15) is 17.1 Å². The lowest BCUT2D eigenvalue weighted by Gasteiger charge is -2.34. The largest absolute Gasteiger partial charge is 0.486 e. The van der Waals surface area contributed by atoms with Crippen LogP contribution in [0, 0.1) is 17.2 Å². The number of anilines is 1. The van der Waals surface area contributed by atoms with Gasteiger partial charge in [-0.25, -0.2) is 4.98 Å². The van der Waals surface area contributed by atoms with Gasteiger partial charge in [-0.3, -0.25) is 4.79 Å². The van der Waals surface area contributed by atoms with Crippen molar-refractivity contribution in [3.63, 3.8) is 0 Å². The number of nitriles is 1. The van der Waals surface area contributed by atoms with Crippen LogP contribution in [-0.4, -0.2) is 17.0 Å². The number of carbonyl (C=O) groups excluding carboxylic acids is 1. The maximum atomic E-state index is 12.2. The van der Waals surface area contributed by atoms with Crippen molar-refractivity contribution in [2.24, 2.45) is 5.92 Å². The van der Waals surface area contributed by atoms with E-state index in [4.69, 9.17) is 14.4 Å². The minimum atomic E-state index is -0.0970. The minimum absolute atomic E-state index is 0.00224. The molecule has 120 valence electrons. The number of thiazole rings is 1. The Labute approximate surface area is 141 Å². The second-order valence-corrected chi connectivity index (χ2v) is 6.66. The van der Waals surface area contributed by atoms with Crippen LogP contribution < -0.4 is 10.1 Å². The SMILES string of the molecule is N#Cc1cnc(NC(=O)C2CC(Oc3cccc4ccoc34)C2)s1. The van der Waals surface area contributed by atoms with Gasteiger partial charge in [-0.1, -0.05) is 23.5 Å². The molecule has 1 aromatic carbocycles. The Hall–Kier alpha value is -2.85. The van der Waals surface area contributed by atoms with E-state index in [1.165, 1.54) is 17.5 Å². The van der Waals surface area contributed by atoms with Crippen LogP contribution in [0.3, 0.4) is 0 Å². The zero-order valence-electron chi connectivity index (χ0n) is 12.6. The van der Waals surface area contributed by atoms with Gasteiger partial charge in [0.15, 0.2) is 16.5 Å². The van der Waals surface area contributed by atoms with Crippen molar-refractivity contribution in [3.05, 3.63) is 41.6 Å². The quantitative estimate of drug-likeness (QED) is 0.785. The number of nitrogens with zero attached hydrogens (tertiary/aromatic N) is 2. The number of amides is 1. The van der Waals surface area contributed by atoms with Crippen molar-refractivity contribution in [2.75, 3.05) is 5.32 Å². The number of hydrogen-bond acceptors (Lipinski definition) is 6. The number of rotatable bonds is 4. The molecule has 7 heteroatoms. The number of furan rings is 1. The van der Waals surface area contributed by atoms with Crippen LogP contribution in [-0.2, 0) is 4.79 Å². The molecular formula is C17H13N3O3S. The Bertz CT molecular complexity index is 934. The smallest absolute Gasteiger partial charge is 0.229 e. The molecule has 0 aliphatic heterocycles. The molecule has 0 spiro atoms. The molecular weight excluding hydrogens is 326 g/mol. The van der Waals surface area contributed by atoms with Crippen molar-refractivity contribution >= 4 is 33.3 Å². The third kappa shape index (κ3) is 2.72. The molecule has 1 aliphatic rings. The first-order valence-electron chi connectivity index (χ1n) is 7.52. The average Bonchev–Trinajstić information content (AvgIpc) is 3.19. The molecule has 1 aliphatic carbocycles. The molecule has 3 aromatic rings. The summed E-state index contributed by atoms with van der Waals surface area (Å²) in [6, 6.07) is 9.65. The first-order chi connectivity index (χ1) is 11.7. The molecule has 4 rings (SSSR count). The number of para-hydroxylation sites is 1. The number of ether oxygens (including phenoxy) is 1. The van der Waals surface area contributed by atoms with Gasteiger partial charge >= 0.3 is 0 Å². The zero-order valence-corrected chi connectivity index (χ0v) is 13.4. The second kappa shape index (κ2) is 5.98. The van der Waals surface area contributed by atoms with E-state index in [9.17, 15) is 4.79 Å². The number of hydrogen-bond donors (Lipinski definition) is 1. The topological polar surface area (TPSA) is 88.2 Å². The van der Waals surface area contributed by atoms with Crippen LogP contribution in [0.15, 0.2) is 41.1 Å². The summed E-state index contributed by atoms with van der Waals surface area (Å²) < 4.78 is 11.4. The Kier molecular flexibility index (Phi) is 3.67. The first kappa shape index (κ1) is 14.7. The lowest BCUT2D eigenvalue weighted by Crippen LogP contribution is -2.40. The standard InChI is InChI=1S/C17H13N3O3S/c18-8-13-9-19-17(24-13)20-16(21)11-6-12(7-11)23-14-3-1-2-10-4-5-22-15(10)14/h1-5,9,11-12H,6-7H2,(H,19,20,21). The summed E-state index contributed by atoms with van der Waals surface area (Å²) in [6.45, 7) is 0. The summed E-state index contributed by atoms with van der Waals surface area (Å²) in [5.74, 6) is 0.532. The summed E-state index contributed by atoms with van der Waals surface area (Å²) >= 11 is 1.17. The number of benzene rings is 1. The molecule has 1 fully saturated rings. The predicted molar refractivity (Wildman–Crippen MR) is 88.8 cm³/mol. The fourth-order valence-electron chi connectivity index (χ4n) is 2.70. The Balaban J connectivity index is 1.34.